The Morgan fingerprint density at radius 3 is 2.71 bits per heavy atom. The van der Waals surface area contributed by atoms with E-state index >= 15 is 0 Å². The van der Waals surface area contributed by atoms with E-state index in [9.17, 15) is 0 Å². The van der Waals surface area contributed by atoms with Crippen molar-refractivity contribution in [2.45, 2.75) is 26.7 Å². The zero-order valence-electron chi connectivity index (χ0n) is 8.99. The molecule has 0 radical (unpaired) electrons. The average molecular weight is 193 g/mol. The Bertz CT molecular complexity index is 273. The van der Waals surface area contributed by atoms with E-state index in [1.807, 2.05) is 24.3 Å². The van der Waals surface area contributed by atoms with E-state index < -0.39 is 0 Å². The average Bonchev–Trinajstić information content (AvgIpc) is 2.17. The van der Waals surface area contributed by atoms with E-state index in [1.54, 1.807) is 0 Å². The van der Waals surface area contributed by atoms with Crippen molar-refractivity contribution in [1.29, 1.82) is 0 Å². The molecule has 2 heteroatoms. The maximum absolute atomic E-state index is 5.76. The van der Waals surface area contributed by atoms with Crippen LogP contribution in [0.1, 0.15) is 26.7 Å². The fraction of sp³-hybridized carbons (Fsp3) is 0.500. The van der Waals surface area contributed by atoms with Crippen LogP contribution in [-0.2, 0) is 0 Å². The second-order valence-corrected chi connectivity index (χ2v) is 3.74. The first-order chi connectivity index (χ1) is 6.74. The Morgan fingerprint density at radius 1 is 1.36 bits per heavy atom. The van der Waals surface area contributed by atoms with Crippen LogP contribution in [0.5, 0.6) is 5.75 Å². The quantitative estimate of drug-likeness (QED) is 0.729. The van der Waals surface area contributed by atoms with Crippen LogP contribution in [0.3, 0.4) is 0 Å². The monoisotopic (exact) mass is 193 g/mol. The first kappa shape index (κ1) is 10.9. The van der Waals surface area contributed by atoms with Crippen molar-refractivity contribution in [3.05, 3.63) is 24.3 Å². The van der Waals surface area contributed by atoms with Gasteiger partial charge in [0, 0.05) is 0 Å². The van der Waals surface area contributed by atoms with Crippen molar-refractivity contribution in [3.8, 4) is 5.75 Å². The number of hydrogen-bond acceptors (Lipinski definition) is 2. The number of hydrogen-bond donors (Lipinski definition) is 1. The number of benzene rings is 1. The van der Waals surface area contributed by atoms with Crippen molar-refractivity contribution < 1.29 is 4.74 Å². The lowest BCUT2D eigenvalue weighted by atomic mass is 10.1. The highest BCUT2D eigenvalue weighted by atomic mass is 16.5. The number of rotatable bonds is 5. The molecule has 0 aromatic heterocycles. The summed E-state index contributed by atoms with van der Waals surface area (Å²) in [6, 6.07) is 7.63. The molecule has 0 bridgehead atoms. The second-order valence-electron chi connectivity index (χ2n) is 3.74. The molecule has 1 atom stereocenters. The van der Waals surface area contributed by atoms with E-state index in [0.29, 0.717) is 5.92 Å². The van der Waals surface area contributed by atoms with Crippen molar-refractivity contribution in [2.75, 3.05) is 12.3 Å². The first-order valence-corrected chi connectivity index (χ1v) is 5.21. The molecule has 1 rings (SSSR count). The molecular weight excluding hydrogens is 174 g/mol. The van der Waals surface area contributed by atoms with Gasteiger partial charge in [0.05, 0.1) is 12.3 Å². The van der Waals surface area contributed by atoms with Crippen molar-refractivity contribution in [3.63, 3.8) is 0 Å². The van der Waals surface area contributed by atoms with Gasteiger partial charge in [0.1, 0.15) is 5.75 Å². The third kappa shape index (κ3) is 3.29. The lowest BCUT2D eigenvalue weighted by molar-refractivity contribution is 0.253. The SMILES string of the molecule is CCC[C@@H](C)COc1ccccc1N. The highest BCUT2D eigenvalue weighted by Gasteiger charge is 2.03. The van der Waals surface area contributed by atoms with E-state index in [4.69, 9.17) is 10.5 Å². The molecule has 0 aliphatic heterocycles. The minimum absolute atomic E-state index is 0.597. The summed E-state index contributed by atoms with van der Waals surface area (Å²) < 4.78 is 5.63. The highest BCUT2D eigenvalue weighted by Crippen LogP contribution is 2.20. The first-order valence-electron chi connectivity index (χ1n) is 5.21. The van der Waals surface area contributed by atoms with Crippen LogP contribution in [0.25, 0.3) is 0 Å². The van der Waals surface area contributed by atoms with Crippen LogP contribution in [0.15, 0.2) is 24.3 Å². The lowest BCUT2D eigenvalue weighted by Gasteiger charge is -2.13. The Labute approximate surface area is 86.1 Å². The Hall–Kier alpha value is -1.18. The molecule has 0 aliphatic carbocycles. The summed E-state index contributed by atoms with van der Waals surface area (Å²) in [5.41, 5.74) is 6.47. The van der Waals surface area contributed by atoms with Gasteiger partial charge in [-0.3, -0.25) is 0 Å². The predicted octanol–water partition coefficient (Wildman–Crippen LogP) is 3.08. The molecule has 1 aromatic rings. The van der Waals surface area contributed by atoms with E-state index in [0.717, 1.165) is 18.0 Å². The van der Waals surface area contributed by atoms with Crippen LogP contribution in [-0.4, -0.2) is 6.61 Å². The molecule has 2 nitrogen and oxygen atoms in total. The molecule has 0 aliphatic rings. The minimum atomic E-state index is 0.597. The maximum atomic E-state index is 5.76. The van der Waals surface area contributed by atoms with Gasteiger partial charge in [0.15, 0.2) is 0 Å². The van der Waals surface area contributed by atoms with Gasteiger partial charge in [0.25, 0.3) is 0 Å². The summed E-state index contributed by atoms with van der Waals surface area (Å²) in [6.07, 6.45) is 2.40. The molecule has 78 valence electrons. The van der Waals surface area contributed by atoms with Crippen LogP contribution in [0, 0.1) is 5.92 Å². The zero-order chi connectivity index (χ0) is 10.4. The molecule has 0 fully saturated rings. The molecule has 0 amide bonds. The fourth-order valence-corrected chi connectivity index (χ4v) is 1.42. The number of ether oxygens (including phenoxy) is 1. The van der Waals surface area contributed by atoms with Gasteiger partial charge in [-0.1, -0.05) is 32.4 Å². The molecule has 0 spiro atoms. The molecule has 2 N–H and O–H groups in total. The summed E-state index contributed by atoms with van der Waals surface area (Å²) in [7, 11) is 0. The third-order valence-electron chi connectivity index (χ3n) is 2.22. The van der Waals surface area contributed by atoms with Crippen LogP contribution in [0.2, 0.25) is 0 Å². The maximum Gasteiger partial charge on any atom is 0.142 e. The van der Waals surface area contributed by atoms with Crippen molar-refractivity contribution >= 4 is 5.69 Å². The zero-order valence-corrected chi connectivity index (χ0v) is 8.99. The second kappa shape index (κ2) is 5.53. The Balaban J connectivity index is 2.41. The topological polar surface area (TPSA) is 35.2 Å². The summed E-state index contributed by atoms with van der Waals surface area (Å²) in [6.45, 7) is 5.14. The summed E-state index contributed by atoms with van der Waals surface area (Å²) in [5.74, 6) is 1.40. The van der Waals surface area contributed by atoms with Gasteiger partial charge in [-0.2, -0.15) is 0 Å². The van der Waals surface area contributed by atoms with Gasteiger partial charge in [-0.05, 0) is 24.5 Å². The van der Waals surface area contributed by atoms with Crippen molar-refractivity contribution in [2.24, 2.45) is 5.92 Å². The van der Waals surface area contributed by atoms with Gasteiger partial charge in [-0.15, -0.1) is 0 Å². The summed E-state index contributed by atoms with van der Waals surface area (Å²) in [5, 5.41) is 0. The standard InChI is InChI=1S/C12H19NO/c1-3-6-10(2)9-14-12-8-5-4-7-11(12)13/h4-5,7-8,10H,3,6,9,13H2,1-2H3/t10-/m1/s1. The van der Waals surface area contributed by atoms with Gasteiger partial charge in [0.2, 0.25) is 0 Å². The number of para-hydroxylation sites is 2. The molecule has 14 heavy (non-hydrogen) atoms. The molecule has 0 heterocycles. The largest absolute Gasteiger partial charge is 0.491 e. The number of nitrogens with two attached hydrogens (primary N) is 1. The van der Waals surface area contributed by atoms with Crippen LogP contribution >= 0.6 is 0 Å². The minimum Gasteiger partial charge on any atom is -0.491 e. The van der Waals surface area contributed by atoms with E-state index in [-0.39, 0.29) is 0 Å². The van der Waals surface area contributed by atoms with Gasteiger partial charge in [-0.25, -0.2) is 0 Å². The Kier molecular flexibility index (Phi) is 4.30. The number of nitrogen functional groups attached to an aromatic ring is 1. The molecule has 0 saturated carbocycles. The van der Waals surface area contributed by atoms with Gasteiger partial charge < -0.3 is 10.5 Å². The number of anilines is 1. The molecule has 0 unspecified atom stereocenters. The van der Waals surface area contributed by atoms with E-state index in [2.05, 4.69) is 13.8 Å². The fourth-order valence-electron chi connectivity index (χ4n) is 1.42. The molecule has 1 aromatic carbocycles. The van der Waals surface area contributed by atoms with Crippen molar-refractivity contribution in [1.82, 2.24) is 0 Å². The van der Waals surface area contributed by atoms with Crippen LogP contribution < -0.4 is 10.5 Å². The highest BCUT2D eigenvalue weighted by molar-refractivity contribution is 5.51. The van der Waals surface area contributed by atoms with E-state index in [1.165, 1.54) is 12.8 Å². The molecule has 0 saturated heterocycles. The van der Waals surface area contributed by atoms with Crippen LogP contribution in [0.4, 0.5) is 5.69 Å². The third-order valence-corrected chi connectivity index (χ3v) is 2.22. The van der Waals surface area contributed by atoms with Gasteiger partial charge >= 0.3 is 0 Å². The predicted molar refractivity (Wildman–Crippen MR) is 60.4 cm³/mol. The normalized spacial score (nSPS) is 12.4. The summed E-state index contributed by atoms with van der Waals surface area (Å²) >= 11 is 0. The Morgan fingerprint density at radius 2 is 2.07 bits per heavy atom. The molecular formula is C12H19NO. The smallest absolute Gasteiger partial charge is 0.142 e. The summed E-state index contributed by atoms with van der Waals surface area (Å²) in [4.78, 5) is 0. The lowest BCUT2D eigenvalue weighted by Crippen LogP contribution is -2.09.